The van der Waals surface area contributed by atoms with Crippen molar-refractivity contribution in [1.82, 2.24) is 4.90 Å². The molecule has 1 atom stereocenters. The molecule has 1 aromatic rings. The number of hydrogen-bond donors (Lipinski definition) is 1. The zero-order valence-corrected chi connectivity index (χ0v) is 15.9. The molecule has 25 heavy (non-hydrogen) atoms. The standard InChI is InChI=1S/C22H33N3/c1-17-8-7-9-20(18(17)2)21(16-25-14-11-19(23)12-15-25)22-10-5-3-4-6-13-24-22/h7-10,13,19,21H,3-6,11-12,14-16,23H2,1-2H3/b22-10-,24-13?. The van der Waals surface area contributed by atoms with Crippen LogP contribution in [0, 0.1) is 13.8 Å². The second-order valence-corrected chi connectivity index (χ2v) is 7.70. The van der Waals surface area contributed by atoms with E-state index in [4.69, 9.17) is 10.7 Å². The van der Waals surface area contributed by atoms with Crippen LogP contribution in [0.4, 0.5) is 0 Å². The van der Waals surface area contributed by atoms with E-state index in [0.29, 0.717) is 12.0 Å². The first-order chi connectivity index (χ1) is 12.1. The largest absolute Gasteiger partial charge is 0.328 e. The van der Waals surface area contributed by atoms with Crippen LogP contribution in [0.2, 0.25) is 0 Å². The average Bonchev–Trinajstić information content (AvgIpc) is 2.58. The fourth-order valence-corrected chi connectivity index (χ4v) is 3.98. The molecule has 2 aliphatic heterocycles. The van der Waals surface area contributed by atoms with E-state index >= 15 is 0 Å². The lowest BCUT2D eigenvalue weighted by Crippen LogP contribution is -2.41. The van der Waals surface area contributed by atoms with Crippen molar-refractivity contribution in [3.8, 4) is 0 Å². The third kappa shape index (κ3) is 4.80. The third-order valence-corrected chi connectivity index (χ3v) is 5.83. The number of aliphatic imine (C=N–C) groups is 1. The van der Waals surface area contributed by atoms with E-state index in [9.17, 15) is 0 Å². The van der Waals surface area contributed by atoms with Crippen LogP contribution in [0.3, 0.4) is 0 Å². The quantitative estimate of drug-likeness (QED) is 0.886. The van der Waals surface area contributed by atoms with Crippen LogP contribution in [-0.2, 0) is 0 Å². The van der Waals surface area contributed by atoms with E-state index in [2.05, 4.69) is 49.2 Å². The van der Waals surface area contributed by atoms with Gasteiger partial charge in [0.1, 0.15) is 0 Å². The molecule has 1 aromatic carbocycles. The summed E-state index contributed by atoms with van der Waals surface area (Å²) < 4.78 is 0. The third-order valence-electron chi connectivity index (χ3n) is 5.83. The summed E-state index contributed by atoms with van der Waals surface area (Å²) in [5, 5.41) is 0. The number of nitrogens with two attached hydrogens (primary N) is 1. The molecular formula is C22H33N3. The van der Waals surface area contributed by atoms with E-state index in [-0.39, 0.29) is 0 Å². The maximum absolute atomic E-state index is 6.10. The van der Waals surface area contributed by atoms with Gasteiger partial charge in [-0.1, -0.05) is 24.3 Å². The second kappa shape index (κ2) is 8.77. The number of rotatable bonds is 4. The molecule has 1 saturated heterocycles. The molecule has 1 unspecified atom stereocenters. The van der Waals surface area contributed by atoms with Crippen LogP contribution in [0.15, 0.2) is 35.0 Å². The lowest BCUT2D eigenvalue weighted by Gasteiger charge is -2.34. The summed E-state index contributed by atoms with van der Waals surface area (Å²) >= 11 is 0. The number of allylic oxidation sites excluding steroid dienone is 1. The zero-order chi connectivity index (χ0) is 17.6. The fourth-order valence-electron chi connectivity index (χ4n) is 3.98. The first-order valence-corrected chi connectivity index (χ1v) is 9.92. The minimum Gasteiger partial charge on any atom is -0.328 e. The van der Waals surface area contributed by atoms with E-state index in [1.54, 1.807) is 0 Å². The molecule has 136 valence electrons. The highest BCUT2D eigenvalue weighted by molar-refractivity contribution is 5.60. The van der Waals surface area contributed by atoms with E-state index in [1.807, 2.05) is 0 Å². The van der Waals surface area contributed by atoms with Crippen molar-refractivity contribution >= 4 is 6.21 Å². The Labute approximate surface area is 153 Å². The number of likely N-dealkylation sites (tertiary alicyclic amines) is 1. The van der Waals surface area contributed by atoms with Crippen molar-refractivity contribution in [2.45, 2.75) is 64.3 Å². The Morgan fingerprint density at radius 2 is 1.92 bits per heavy atom. The monoisotopic (exact) mass is 339 g/mol. The molecular weight excluding hydrogens is 306 g/mol. The Kier molecular flexibility index (Phi) is 6.44. The molecule has 0 aliphatic carbocycles. The van der Waals surface area contributed by atoms with Gasteiger partial charge in [-0.05, 0) is 82.2 Å². The van der Waals surface area contributed by atoms with Crippen LogP contribution in [-0.4, -0.2) is 36.8 Å². The van der Waals surface area contributed by atoms with E-state index in [1.165, 1.54) is 35.2 Å². The highest BCUT2D eigenvalue weighted by Gasteiger charge is 2.24. The Bertz CT molecular complexity index is 624. The summed E-state index contributed by atoms with van der Waals surface area (Å²) in [4.78, 5) is 7.48. The number of nitrogens with zero attached hydrogens (tertiary/aromatic N) is 2. The number of aryl methyl sites for hydroxylation is 1. The maximum atomic E-state index is 6.10. The van der Waals surface area contributed by atoms with Gasteiger partial charge in [0.25, 0.3) is 0 Å². The summed E-state index contributed by atoms with van der Waals surface area (Å²) in [6.45, 7) is 7.75. The van der Waals surface area contributed by atoms with Crippen molar-refractivity contribution in [2.24, 2.45) is 10.7 Å². The molecule has 0 aromatic heterocycles. The Balaban J connectivity index is 1.89. The van der Waals surface area contributed by atoms with Gasteiger partial charge in [0.15, 0.2) is 0 Å². The summed E-state index contributed by atoms with van der Waals surface area (Å²) in [5.74, 6) is 0.364. The highest BCUT2D eigenvalue weighted by atomic mass is 15.1. The van der Waals surface area contributed by atoms with Gasteiger partial charge in [-0.2, -0.15) is 0 Å². The van der Waals surface area contributed by atoms with Gasteiger partial charge >= 0.3 is 0 Å². The molecule has 2 N–H and O–H groups in total. The molecule has 3 heteroatoms. The van der Waals surface area contributed by atoms with Gasteiger partial charge in [0.2, 0.25) is 0 Å². The molecule has 1 fully saturated rings. The summed E-state index contributed by atoms with van der Waals surface area (Å²) in [5.41, 5.74) is 11.6. The normalized spacial score (nSPS) is 23.6. The molecule has 0 bridgehead atoms. The van der Waals surface area contributed by atoms with Gasteiger partial charge in [0.05, 0.1) is 0 Å². The first-order valence-electron chi connectivity index (χ1n) is 9.92. The van der Waals surface area contributed by atoms with Crippen molar-refractivity contribution in [3.05, 3.63) is 46.7 Å². The lowest BCUT2D eigenvalue weighted by atomic mass is 9.88. The molecule has 0 saturated carbocycles. The maximum Gasteiger partial charge on any atom is 0.0447 e. The highest BCUT2D eigenvalue weighted by Crippen LogP contribution is 2.32. The van der Waals surface area contributed by atoms with Gasteiger partial charge in [-0.25, -0.2) is 0 Å². The van der Waals surface area contributed by atoms with E-state index in [0.717, 1.165) is 45.3 Å². The van der Waals surface area contributed by atoms with E-state index < -0.39 is 0 Å². The molecule has 2 aliphatic rings. The number of benzene rings is 1. The van der Waals surface area contributed by atoms with Crippen LogP contribution in [0.5, 0.6) is 0 Å². The molecule has 3 nitrogen and oxygen atoms in total. The molecule has 0 amide bonds. The molecule has 0 radical (unpaired) electrons. The predicted molar refractivity (Wildman–Crippen MR) is 107 cm³/mol. The average molecular weight is 340 g/mol. The number of piperidine rings is 1. The Morgan fingerprint density at radius 1 is 1.16 bits per heavy atom. The van der Waals surface area contributed by atoms with Gasteiger partial charge in [-0.3, -0.25) is 4.99 Å². The van der Waals surface area contributed by atoms with Gasteiger partial charge in [0, 0.05) is 30.4 Å². The minimum atomic E-state index is 0.364. The lowest BCUT2D eigenvalue weighted by molar-refractivity contribution is 0.206. The molecule has 3 rings (SSSR count). The molecule has 0 spiro atoms. The topological polar surface area (TPSA) is 41.6 Å². The second-order valence-electron chi connectivity index (χ2n) is 7.70. The van der Waals surface area contributed by atoms with Crippen LogP contribution < -0.4 is 5.73 Å². The zero-order valence-electron chi connectivity index (χ0n) is 15.9. The SMILES string of the molecule is Cc1cccc(C(CN2CCC(N)CC2)/C2=C/CCCCC=N2)c1C. The molecule has 2 heterocycles. The van der Waals surface area contributed by atoms with Crippen molar-refractivity contribution in [2.75, 3.05) is 19.6 Å². The van der Waals surface area contributed by atoms with Gasteiger partial charge < -0.3 is 10.6 Å². The number of hydrogen-bond acceptors (Lipinski definition) is 3. The van der Waals surface area contributed by atoms with Crippen LogP contribution >= 0.6 is 0 Å². The Hall–Kier alpha value is -1.45. The van der Waals surface area contributed by atoms with Gasteiger partial charge in [-0.15, -0.1) is 0 Å². The van der Waals surface area contributed by atoms with Crippen molar-refractivity contribution < 1.29 is 0 Å². The minimum absolute atomic E-state index is 0.364. The summed E-state index contributed by atoms with van der Waals surface area (Å²) in [6.07, 6.45) is 11.5. The predicted octanol–water partition coefficient (Wildman–Crippen LogP) is 4.34. The summed E-state index contributed by atoms with van der Waals surface area (Å²) in [7, 11) is 0. The van der Waals surface area contributed by atoms with Crippen molar-refractivity contribution in [1.29, 1.82) is 0 Å². The first kappa shape index (κ1) is 18.3. The van der Waals surface area contributed by atoms with Crippen LogP contribution in [0.25, 0.3) is 0 Å². The van der Waals surface area contributed by atoms with Crippen LogP contribution in [0.1, 0.15) is 61.1 Å². The summed E-state index contributed by atoms with van der Waals surface area (Å²) in [6, 6.07) is 7.10. The smallest absolute Gasteiger partial charge is 0.0447 e. The fraction of sp³-hybridized carbons (Fsp3) is 0.591. The van der Waals surface area contributed by atoms with Crippen molar-refractivity contribution in [3.63, 3.8) is 0 Å². The Morgan fingerprint density at radius 3 is 2.72 bits per heavy atom.